The summed E-state index contributed by atoms with van der Waals surface area (Å²) in [6.07, 6.45) is 6.34. The molecule has 176 valence electrons. The molecule has 0 radical (unpaired) electrons. The maximum atomic E-state index is 9.76. The zero-order valence-corrected chi connectivity index (χ0v) is 20.6. The fourth-order valence-corrected chi connectivity index (χ4v) is 5.22. The number of nitrogens with one attached hydrogen (secondary N) is 1. The van der Waals surface area contributed by atoms with Crippen LogP contribution in [0.15, 0.2) is 65.7 Å². The number of hydrogen-bond donors (Lipinski definition) is 2. The molecule has 0 amide bonds. The standard InChI is InChI=1S/C27H31N5OS/c1-31-14-13-23-26(31)27(28-18-20-5-3-4-6-24(20)34-2)30-25(29-23)17-19-7-9-21(10-8-19)32-15-11-22(33)12-16-32/h3-10,13-14,22,33H,11-12,15-18H2,1-2H3,(H,28,29,30). The van der Waals surface area contributed by atoms with Crippen molar-refractivity contribution in [1.82, 2.24) is 14.5 Å². The van der Waals surface area contributed by atoms with Crippen LogP contribution in [0.5, 0.6) is 0 Å². The van der Waals surface area contributed by atoms with Crippen LogP contribution >= 0.6 is 11.8 Å². The SMILES string of the molecule is CSc1ccccc1CNc1nc(Cc2ccc(N3CCC(O)CC3)cc2)nc2ccn(C)c12. The summed E-state index contributed by atoms with van der Waals surface area (Å²) >= 11 is 1.76. The molecule has 2 aromatic heterocycles. The first-order valence-electron chi connectivity index (χ1n) is 11.8. The number of nitrogens with zero attached hydrogens (tertiary/aromatic N) is 4. The van der Waals surface area contributed by atoms with Crippen molar-refractivity contribution in [3.8, 4) is 0 Å². The van der Waals surface area contributed by atoms with Gasteiger partial charge in [0.2, 0.25) is 0 Å². The summed E-state index contributed by atoms with van der Waals surface area (Å²) in [6, 6.07) is 19.2. The lowest BCUT2D eigenvalue weighted by Gasteiger charge is -2.31. The van der Waals surface area contributed by atoms with E-state index in [0.717, 1.165) is 48.6 Å². The van der Waals surface area contributed by atoms with Crippen molar-refractivity contribution in [2.75, 3.05) is 29.6 Å². The Labute approximate surface area is 205 Å². The molecule has 1 aliphatic heterocycles. The normalized spacial score (nSPS) is 14.6. The molecule has 5 rings (SSSR count). The number of piperidine rings is 1. The van der Waals surface area contributed by atoms with Gasteiger partial charge in [-0.1, -0.05) is 30.3 Å². The topological polar surface area (TPSA) is 66.2 Å². The van der Waals surface area contributed by atoms with Crippen molar-refractivity contribution in [2.24, 2.45) is 7.05 Å². The molecule has 0 spiro atoms. The van der Waals surface area contributed by atoms with E-state index >= 15 is 0 Å². The van der Waals surface area contributed by atoms with Gasteiger partial charge in [0.25, 0.3) is 0 Å². The highest BCUT2D eigenvalue weighted by Crippen LogP contribution is 2.26. The van der Waals surface area contributed by atoms with Gasteiger partial charge in [0.1, 0.15) is 11.3 Å². The van der Waals surface area contributed by atoms with Crippen LogP contribution in [0.3, 0.4) is 0 Å². The molecule has 3 heterocycles. The summed E-state index contributed by atoms with van der Waals surface area (Å²) in [6.45, 7) is 2.53. The van der Waals surface area contributed by atoms with E-state index in [9.17, 15) is 5.11 Å². The first-order chi connectivity index (χ1) is 16.6. The number of aromatic nitrogens is 3. The number of fused-ring (bicyclic) bond motifs is 1. The molecule has 0 saturated carbocycles. The minimum atomic E-state index is -0.155. The summed E-state index contributed by atoms with van der Waals surface area (Å²) < 4.78 is 2.08. The fraction of sp³-hybridized carbons (Fsp3) is 0.333. The Hall–Kier alpha value is -3.03. The summed E-state index contributed by atoms with van der Waals surface area (Å²) in [4.78, 5) is 13.4. The van der Waals surface area contributed by atoms with Gasteiger partial charge in [-0.2, -0.15) is 0 Å². The summed E-state index contributed by atoms with van der Waals surface area (Å²) in [5.41, 5.74) is 5.64. The molecule has 1 fully saturated rings. The van der Waals surface area contributed by atoms with Gasteiger partial charge in [0, 0.05) is 49.9 Å². The van der Waals surface area contributed by atoms with Crippen molar-refractivity contribution in [2.45, 2.75) is 36.8 Å². The third-order valence-corrected chi connectivity index (χ3v) is 7.37. The second-order valence-electron chi connectivity index (χ2n) is 8.88. The monoisotopic (exact) mass is 473 g/mol. The van der Waals surface area contributed by atoms with Crippen LogP contribution in [-0.2, 0) is 20.0 Å². The molecule has 2 aromatic carbocycles. The van der Waals surface area contributed by atoms with E-state index in [-0.39, 0.29) is 6.10 Å². The first-order valence-corrected chi connectivity index (χ1v) is 13.0. The average molecular weight is 474 g/mol. The van der Waals surface area contributed by atoms with Crippen molar-refractivity contribution in [3.05, 3.63) is 77.7 Å². The van der Waals surface area contributed by atoms with Crippen LogP contribution < -0.4 is 10.2 Å². The van der Waals surface area contributed by atoms with Crippen LogP contribution in [0.25, 0.3) is 11.0 Å². The van der Waals surface area contributed by atoms with Gasteiger partial charge >= 0.3 is 0 Å². The molecular weight excluding hydrogens is 442 g/mol. The van der Waals surface area contributed by atoms with Crippen LogP contribution in [0.2, 0.25) is 0 Å². The maximum absolute atomic E-state index is 9.76. The number of thioether (sulfide) groups is 1. The largest absolute Gasteiger partial charge is 0.393 e. The molecule has 34 heavy (non-hydrogen) atoms. The Morgan fingerprint density at radius 2 is 1.79 bits per heavy atom. The van der Waals surface area contributed by atoms with E-state index in [1.807, 2.05) is 13.2 Å². The number of aliphatic hydroxyl groups is 1. The Balaban J connectivity index is 1.35. The number of aryl methyl sites for hydroxylation is 1. The highest BCUT2D eigenvalue weighted by molar-refractivity contribution is 7.98. The molecule has 6 nitrogen and oxygen atoms in total. The smallest absolute Gasteiger partial charge is 0.154 e. The lowest BCUT2D eigenvalue weighted by atomic mass is 10.1. The second-order valence-corrected chi connectivity index (χ2v) is 9.72. The van der Waals surface area contributed by atoms with Gasteiger partial charge < -0.3 is 19.9 Å². The van der Waals surface area contributed by atoms with E-state index in [0.29, 0.717) is 13.0 Å². The van der Waals surface area contributed by atoms with E-state index in [4.69, 9.17) is 9.97 Å². The number of rotatable bonds is 7. The maximum Gasteiger partial charge on any atom is 0.154 e. The predicted molar refractivity (Wildman–Crippen MR) is 141 cm³/mol. The predicted octanol–water partition coefficient (Wildman–Crippen LogP) is 4.85. The molecular formula is C27H31N5OS. The van der Waals surface area contributed by atoms with Crippen molar-refractivity contribution in [3.63, 3.8) is 0 Å². The van der Waals surface area contributed by atoms with Crippen LogP contribution in [0, 0.1) is 0 Å². The quantitative estimate of drug-likeness (QED) is 0.374. The van der Waals surface area contributed by atoms with Gasteiger partial charge in [-0.05, 0) is 54.5 Å². The third kappa shape index (κ3) is 4.91. The minimum absolute atomic E-state index is 0.155. The zero-order chi connectivity index (χ0) is 23.5. The second kappa shape index (κ2) is 10.1. The Kier molecular flexibility index (Phi) is 6.74. The molecule has 0 unspecified atom stereocenters. The van der Waals surface area contributed by atoms with Gasteiger partial charge in [0.15, 0.2) is 5.82 Å². The van der Waals surface area contributed by atoms with E-state index in [1.165, 1.54) is 21.7 Å². The highest BCUT2D eigenvalue weighted by Gasteiger charge is 2.17. The molecule has 1 saturated heterocycles. The number of benzene rings is 2. The lowest BCUT2D eigenvalue weighted by molar-refractivity contribution is 0.145. The van der Waals surface area contributed by atoms with Crippen molar-refractivity contribution >= 4 is 34.3 Å². The summed E-state index contributed by atoms with van der Waals surface area (Å²) in [7, 11) is 2.03. The molecule has 0 aliphatic carbocycles. The Bertz CT molecular complexity index is 1260. The van der Waals surface area contributed by atoms with Crippen LogP contribution in [0.4, 0.5) is 11.5 Å². The fourth-order valence-electron chi connectivity index (χ4n) is 4.60. The lowest BCUT2D eigenvalue weighted by Crippen LogP contribution is -2.35. The Morgan fingerprint density at radius 3 is 2.56 bits per heavy atom. The average Bonchev–Trinajstić information content (AvgIpc) is 3.24. The van der Waals surface area contributed by atoms with Gasteiger partial charge in [0.05, 0.1) is 11.6 Å². The summed E-state index contributed by atoms with van der Waals surface area (Å²) in [5.74, 6) is 1.68. The van der Waals surface area contributed by atoms with E-state index in [1.54, 1.807) is 11.8 Å². The van der Waals surface area contributed by atoms with Crippen LogP contribution in [0.1, 0.15) is 29.8 Å². The van der Waals surface area contributed by atoms with Crippen molar-refractivity contribution in [1.29, 1.82) is 0 Å². The van der Waals surface area contributed by atoms with Gasteiger partial charge in [-0.15, -0.1) is 11.8 Å². The number of aliphatic hydroxyl groups excluding tert-OH is 1. The molecule has 4 aromatic rings. The van der Waals surface area contributed by atoms with Crippen molar-refractivity contribution < 1.29 is 5.11 Å². The number of anilines is 2. The van der Waals surface area contributed by atoms with Crippen LogP contribution in [-0.4, -0.2) is 45.1 Å². The summed E-state index contributed by atoms with van der Waals surface area (Å²) in [5, 5.41) is 13.3. The molecule has 0 bridgehead atoms. The third-order valence-electron chi connectivity index (χ3n) is 6.53. The zero-order valence-electron chi connectivity index (χ0n) is 19.7. The van der Waals surface area contributed by atoms with E-state index < -0.39 is 0 Å². The van der Waals surface area contributed by atoms with Gasteiger partial charge in [-0.25, -0.2) is 9.97 Å². The molecule has 1 aliphatic rings. The van der Waals surface area contributed by atoms with E-state index in [2.05, 4.69) is 75.6 Å². The first kappa shape index (κ1) is 22.7. The number of hydrogen-bond acceptors (Lipinski definition) is 6. The minimum Gasteiger partial charge on any atom is -0.393 e. The van der Waals surface area contributed by atoms with Gasteiger partial charge in [-0.3, -0.25) is 0 Å². The molecule has 7 heteroatoms. The highest BCUT2D eigenvalue weighted by atomic mass is 32.2. The Morgan fingerprint density at radius 1 is 1.03 bits per heavy atom. The molecule has 2 N–H and O–H groups in total. The molecule has 0 atom stereocenters.